The normalized spacial score (nSPS) is 20.1. The molecule has 0 bridgehead atoms. The van der Waals surface area contributed by atoms with Crippen molar-refractivity contribution in [1.29, 1.82) is 0 Å². The molecule has 2 aliphatic heterocycles. The van der Waals surface area contributed by atoms with Gasteiger partial charge in [0, 0.05) is 7.05 Å². The van der Waals surface area contributed by atoms with Crippen molar-refractivity contribution in [3.63, 3.8) is 0 Å². The van der Waals surface area contributed by atoms with E-state index in [0.29, 0.717) is 28.3 Å². The maximum Gasteiger partial charge on any atom is 0.362 e. The average Bonchev–Trinajstić information content (AvgIpc) is 3.60. The Hall–Kier alpha value is -4.96. The van der Waals surface area contributed by atoms with E-state index < -0.39 is 29.9 Å². The summed E-state index contributed by atoms with van der Waals surface area (Å²) in [6, 6.07) is 24.1. The number of carbonyl (C=O) groups excluding carboxylic acids is 3. The molecule has 3 heterocycles. The van der Waals surface area contributed by atoms with Crippen molar-refractivity contribution >= 4 is 29.2 Å². The lowest BCUT2D eigenvalue weighted by Gasteiger charge is -2.29. The Bertz CT molecular complexity index is 1600. The third kappa shape index (κ3) is 4.18. The van der Waals surface area contributed by atoms with Crippen molar-refractivity contribution in [1.82, 2.24) is 9.78 Å². The first-order valence-corrected chi connectivity index (χ1v) is 12.7. The summed E-state index contributed by atoms with van der Waals surface area (Å²) in [7, 11) is 3.13. The van der Waals surface area contributed by atoms with Gasteiger partial charge in [0.2, 0.25) is 5.91 Å². The van der Waals surface area contributed by atoms with E-state index in [1.54, 1.807) is 67.6 Å². The van der Waals surface area contributed by atoms with Crippen LogP contribution in [-0.2, 0) is 21.5 Å². The number of hydroxylamine groups is 1. The number of carbonyl (C=O) groups is 3. The Labute approximate surface area is 230 Å². The number of fused-ring (bicyclic) bond motifs is 1. The van der Waals surface area contributed by atoms with Crippen LogP contribution in [0.25, 0.3) is 0 Å². The first kappa shape index (κ1) is 25.3. The highest BCUT2D eigenvalue weighted by atomic mass is 16.7. The summed E-state index contributed by atoms with van der Waals surface area (Å²) >= 11 is 0. The lowest BCUT2D eigenvalue weighted by atomic mass is 9.90. The van der Waals surface area contributed by atoms with Crippen LogP contribution >= 0.6 is 0 Å². The van der Waals surface area contributed by atoms with Gasteiger partial charge in [-0.15, -0.1) is 0 Å². The molecule has 0 unspecified atom stereocenters. The van der Waals surface area contributed by atoms with Gasteiger partial charge in [-0.2, -0.15) is 5.10 Å². The summed E-state index contributed by atoms with van der Waals surface area (Å²) in [5.41, 5.74) is 2.82. The molecule has 2 aliphatic rings. The highest BCUT2D eigenvalue weighted by molar-refractivity contribution is 6.23. The number of para-hydroxylation sites is 2. The van der Waals surface area contributed by atoms with E-state index in [-0.39, 0.29) is 17.4 Å². The maximum absolute atomic E-state index is 13.8. The first-order valence-electron chi connectivity index (χ1n) is 12.7. The number of aryl methyl sites for hydroxylation is 2. The molecule has 3 atom stereocenters. The molecule has 2 amide bonds. The van der Waals surface area contributed by atoms with E-state index in [4.69, 9.17) is 14.3 Å². The highest BCUT2D eigenvalue weighted by Gasteiger charge is 2.60. The van der Waals surface area contributed by atoms with Gasteiger partial charge in [0.15, 0.2) is 17.6 Å². The highest BCUT2D eigenvalue weighted by Crippen LogP contribution is 2.48. The van der Waals surface area contributed by atoms with Crippen molar-refractivity contribution in [2.24, 2.45) is 13.0 Å². The molecule has 3 aromatic carbocycles. The summed E-state index contributed by atoms with van der Waals surface area (Å²) < 4.78 is 12.7. The molecule has 1 aromatic heterocycles. The predicted octanol–water partition coefficient (Wildman–Crippen LogP) is 4.01. The van der Waals surface area contributed by atoms with E-state index in [0.717, 1.165) is 0 Å². The van der Waals surface area contributed by atoms with Gasteiger partial charge in [-0.3, -0.25) is 19.1 Å². The Morgan fingerprint density at radius 2 is 1.55 bits per heavy atom. The number of aromatic nitrogens is 2. The number of rotatable bonds is 6. The van der Waals surface area contributed by atoms with Crippen molar-refractivity contribution in [3.05, 3.63) is 102 Å². The van der Waals surface area contributed by atoms with Crippen LogP contribution in [0.15, 0.2) is 84.9 Å². The van der Waals surface area contributed by atoms with Crippen molar-refractivity contribution in [2.45, 2.75) is 19.1 Å². The molecule has 0 N–H and O–H groups in total. The lowest BCUT2D eigenvalue weighted by Crippen LogP contribution is -2.37. The molecule has 10 heteroatoms. The Balaban J connectivity index is 1.38. The number of esters is 1. The molecule has 0 radical (unpaired) electrons. The summed E-state index contributed by atoms with van der Waals surface area (Å²) in [4.78, 5) is 47.5. The third-order valence-electron chi connectivity index (χ3n) is 7.08. The van der Waals surface area contributed by atoms with E-state index in [2.05, 4.69) is 5.10 Å². The molecular formula is C30H26N4O6. The van der Waals surface area contributed by atoms with Crippen LogP contribution in [0.2, 0.25) is 0 Å². The molecule has 202 valence electrons. The van der Waals surface area contributed by atoms with Gasteiger partial charge < -0.3 is 9.47 Å². The number of amides is 2. The van der Waals surface area contributed by atoms with Gasteiger partial charge in [-0.1, -0.05) is 42.5 Å². The second kappa shape index (κ2) is 9.97. The summed E-state index contributed by atoms with van der Waals surface area (Å²) in [5, 5.41) is 5.80. The number of nitrogens with zero attached hydrogens (tertiary/aromatic N) is 4. The molecule has 40 heavy (non-hydrogen) atoms. The minimum atomic E-state index is -1.01. The second-order valence-electron chi connectivity index (χ2n) is 9.60. The van der Waals surface area contributed by atoms with Crippen LogP contribution in [0.1, 0.15) is 27.8 Å². The van der Waals surface area contributed by atoms with Gasteiger partial charge >= 0.3 is 5.97 Å². The van der Waals surface area contributed by atoms with Gasteiger partial charge in [0.1, 0.15) is 11.6 Å². The van der Waals surface area contributed by atoms with E-state index >= 15 is 0 Å². The van der Waals surface area contributed by atoms with Crippen molar-refractivity contribution in [2.75, 3.05) is 17.1 Å². The molecule has 4 aromatic rings. The summed E-state index contributed by atoms with van der Waals surface area (Å²) in [6.07, 6.45) is -1.01. The SMILES string of the molecule is COc1cc([C@@H]2[C@@H]3C(=O)N(c4ccccc4)C(=O)[C@@H]3ON2c2ccccc2)ccc1OC(=O)c1cc(C)nn1C. The Kier molecular flexibility index (Phi) is 6.31. The fourth-order valence-electron chi connectivity index (χ4n) is 5.29. The van der Waals surface area contributed by atoms with E-state index in [1.165, 1.54) is 16.7 Å². The zero-order chi connectivity index (χ0) is 28.0. The number of imide groups is 1. The third-order valence-corrected chi connectivity index (χ3v) is 7.08. The number of anilines is 2. The fraction of sp³-hybridized carbons (Fsp3) is 0.200. The monoisotopic (exact) mass is 538 g/mol. The van der Waals surface area contributed by atoms with Crippen molar-refractivity contribution in [3.8, 4) is 11.5 Å². The first-order chi connectivity index (χ1) is 19.4. The summed E-state index contributed by atoms with van der Waals surface area (Å²) in [5.74, 6) is -1.68. The number of benzene rings is 3. The maximum atomic E-state index is 13.8. The molecule has 2 fully saturated rings. The smallest absolute Gasteiger partial charge is 0.362 e. The molecular weight excluding hydrogens is 512 g/mol. The second-order valence-corrected chi connectivity index (χ2v) is 9.60. The Morgan fingerprint density at radius 3 is 2.17 bits per heavy atom. The molecule has 2 saturated heterocycles. The van der Waals surface area contributed by atoms with Gasteiger partial charge in [-0.05, 0) is 55.0 Å². The number of methoxy groups -OCH3 is 1. The minimum Gasteiger partial charge on any atom is -0.493 e. The quantitative estimate of drug-likeness (QED) is 0.206. The minimum absolute atomic E-state index is 0.205. The largest absolute Gasteiger partial charge is 0.493 e. The zero-order valence-corrected chi connectivity index (χ0v) is 22.1. The Morgan fingerprint density at radius 1 is 0.875 bits per heavy atom. The lowest BCUT2D eigenvalue weighted by molar-refractivity contribution is -0.126. The van der Waals surface area contributed by atoms with Crippen LogP contribution in [0.5, 0.6) is 11.5 Å². The van der Waals surface area contributed by atoms with E-state index in [1.807, 2.05) is 36.4 Å². The van der Waals surface area contributed by atoms with Crippen LogP contribution < -0.4 is 19.4 Å². The van der Waals surface area contributed by atoms with Crippen molar-refractivity contribution < 1.29 is 28.7 Å². The van der Waals surface area contributed by atoms with Gasteiger partial charge in [-0.25, -0.2) is 14.8 Å². The van der Waals surface area contributed by atoms with Gasteiger partial charge in [0.05, 0.1) is 30.2 Å². The molecule has 6 rings (SSSR count). The number of hydrogen-bond acceptors (Lipinski definition) is 8. The average molecular weight is 539 g/mol. The van der Waals surface area contributed by atoms with Crippen LogP contribution in [0.4, 0.5) is 11.4 Å². The molecule has 0 spiro atoms. The molecule has 10 nitrogen and oxygen atoms in total. The van der Waals surface area contributed by atoms with Crippen LogP contribution in [0, 0.1) is 12.8 Å². The zero-order valence-electron chi connectivity index (χ0n) is 22.1. The standard InChI is InChI=1S/C30H26N4O6/c1-18-16-22(32(2)31-18)30(37)39-23-15-14-19(17-24(23)38-3)26-25-27(40-34(26)21-12-8-5-9-13-21)29(36)33(28(25)35)20-10-6-4-7-11-20/h4-17,25-27H,1-3H3/t25-,26+,27+/m0/s1. The number of hydrogen-bond donors (Lipinski definition) is 0. The molecule has 0 saturated carbocycles. The van der Waals surface area contributed by atoms with Crippen LogP contribution in [0.3, 0.4) is 0 Å². The predicted molar refractivity (Wildman–Crippen MR) is 145 cm³/mol. The summed E-state index contributed by atoms with van der Waals surface area (Å²) in [6.45, 7) is 1.79. The topological polar surface area (TPSA) is 103 Å². The van der Waals surface area contributed by atoms with Crippen LogP contribution in [-0.4, -0.2) is 40.8 Å². The fourth-order valence-corrected chi connectivity index (χ4v) is 5.29. The van der Waals surface area contributed by atoms with E-state index in [9.17, 15) is 14.4 Å². The van der Waals surface area contributed by atoms with Gasteiger partial charge in [0.25, 0.3) is 5.91 Å². The number of ether oxygens (including phenoxy) is 2. The molecule has 0 aliphatic carbocycles.